The minimum Gasteiger partial charge on any atom is -0.480 e. The number of carboxylic acids is 1. The highest BCUT2D eigenvalue weighted by atomic mass is 16.4. The molecule has 1 saturated carbocycles. The Morgan fingerprint density at radius 3 is 2.69 bits per heavy atom. The van der Waals surface area contributed by atoms with Gasteiger partial charge in [0.15, 0.2) is 0 Å². The van der Waals surface area contributed by atoms with Crippen LogP contribution in [0.2, 0.25) is 0 Å². The minimum atomic E-state index is -0.964. The highest BCUT2D eigenvalue weighted by Crippen LogP contribution is 2.27. The van der Waals surface area contributed by atoms with E-state index in [0.29, 0.717) is 32.1 Å². The van der Waals surface area contributed by atoms with Crippen molar-refractivity contribution in [3.05, 3.63) is 23.4 Å². The van der Waals surface area contributed by atoms with Crippen LogP contribution in [0.1, 0.15) is 63.6 Å². The van der Waals surface area contributed by atoms with E-state index in [2.05, 4.69) is 27.7 Å². The van der Waals surface area contributed by atoms with Crippen LogP contribution in [0.15, 0.2) is 12.1 Å². The molecule has 178 valence electrons. The molecule has 0 spiro atoms. The van der Waals surface area contributed by atoms with E-state index in [1.54, 1.807) is 4.90 Å². The average molecular weight is 446 g/mol. The Morgan fingerprint density at radius 1 is 1.22 bits per heavy atom. The van der Waals surface area contributed by atoms with Crippen molar-refractivity contribution >= 4 is 17.8 Å². The summed E-state index contributed by atoms with van der Waals surface area (Å²) in [5.41, 5.74) is 2.46. The van der Waals surface area contributed by atoms with E-state index in [4.69, 9.17) is 4.98 Å². The molecule has 3 N–H and O–H groups in total. The summed E-state index contributed by atoms with van der Waals surface area (Å²) >= 11 is 0. The summed E-state index contributed by atoms with van der Waals surface area (Å²) in [5, 5.41) is 15.7. The van der Waals surface area contributed by atoms with Crippen molar-refractivity contribution in [3.63, 3.8) is 0 Å². The molecule has 8 heteroatoms. The third-order valence-corrected chi connectivity index (χ3v) is 6.49. The molecule has 32 heavy (non-hydrogen) atoms. The number of aromatic nitrogens is 1. The molecular weight excluding hydrogens is 406 g/mol. The monoisotopic (exact) mass is 445 g/mol. The van der Waals surface area contributed by atoms with E-state index < -0.39 is 12.0 Å². The van der Waals surface area contributed by atoms with Gasteiger partial charge in [-0.2, -0.15) is 0 Å². The maximum absolute atomic E-state index is 12.3. The third-order valence-electron chi connectivity index (χ3n) is 6.49. The molecular formula is C24H39N5O3. The Balaban J connectivity index is 1.43. The Labute approximate surface area is 191 Å². The summed E-state index contributed by atoms with van der Waals surface area (Å²) in [7, 11) is 0. The number of nitrogens with one attached hydrogen (secondary N) is 2. The van der Waals surface area contributed by atoms with Crippen LogP contribution in [0.25, 0.3) is 0 Å². The van der Waals surface area contributed by atoms with Crippen LogP contribution in [0, 0.1) is 0 Å². The first kappa shape index (κ1) is 24.3. The van der Waals surface area contributed by atoms with Gasteiger partial charge in [0.25, 0.3) is 0 Å². The zero-order valence-electron chi connectivity index (χ0n) is 19.6. The molecule has 0 radical (unpaired) electrons. The van der Waals surface area contributed by atoms with Gasteiger partial charge in [0.05, 0.1) is 0 Å². The van der Waals surface area contributed by atoms with Crippen LogP contribution in [0.3, 0.4) is 0 Å². The predicted octanol–water partition coefficient (Wildman–Crippen LogP) is 3.12. The SMILES string of the molecule is CCN(CC)C(=O)NC(CCN(CCCCc1ccc2c(n1)NCCC2)C1CC1)C(=O)O. The van der Waals surface area contributed by atoms with E-state index in [-0.39, 0.29) is 6.03 Å². The lowest BCUT2D eigenvalue weighted by Crippen LogP contribution is -2.49. The number of fused-ring (bicyclic) bond motifs is 1. The van der Waals surface area contributed by atoms with Crippen molar-refractivity contribution in [2.45, 2.75) is 77.3 Å². The normalized spacial score (nSPS) is 16.2. The van der Waals surface area contributed by atoms with E-state index >= 15 is 0 Å². The molecule has 1 aliphatic carbocycles. The van der Waals surface area contributed by atoms with Crippen molar-refractivity contribution in [1.82, 2.24) is 20.1 Å². The second-order valence-corrected chi connectivity index (χ2v) is 8.87. The number of pyridine rings is 1. The van der Waals surface area contributed by atoms with E-state index in [0.717, 1.165) is 50.3 Å². The van der Waals surface area contributed by atoms with E-state index in [1.807, 2.05) is 13.8 Å². The number of anilines is 1. The molecule has 1 aromatic rings. The van der Waals surface area contributed by atoms with Gasteiger partial charge in [-0.3, -0.25) is 0 Å². The number of carboxylic acid groups (broad SMARTS) is 1. The summed E-state index contributed by atoms with van der Waals surface area (Å²) in [6.45, 7) is 7.58. The fourth-order valence-corrected chi connectivity index (χ4v) is 4.35. The van der Waals surface area contributed by atoms with Crippen molar-refractivity contribution in [1.29, 1.82) is 0 Å². The zero-order chi connectivity index (χ0) is 22.9. The molecule has 0 bridgehead atoms. The lowest BCUT2D eigenvalue weighted by molar-refractivity contribution is -0.139. The van der Waals surface area contributed by atoms with Crippen molar-refractivity contribution in [2.75, 3.05) is 38.0 Å². The van der Waals surface area contributed by atoms with Crippen molar-refractivity contribution in [3.8, 4) is 0 Å². The molecule has 2 amide bonds. The molecule has 0 aromatic carbocycles. The van der Waals surface area contributed by atoms with Gasteiger partial charge in [0.2, 0.25) is 0 Å². The fraction of sp³-hybridized carbons (Fsp3) is 0.708. The van der Waals surface area contributed by atoms with Crippen LogP contribution in [0.4, 0.5) is 10.6 Å². The molecule has 1 fully saturated rings. The molecule has 1 unspecified atom stereocenters. The number of urea groups is 1. The van der Waals surface area contributed by atoms with Gasteiger partial charge in [-0.25, -0.2) is 14.6 Å². The van der Waals surface area contributed by atoms with Crippen LogP contribution < -0.4 is 10.6 Å². The highest BCUT2D eigenvalue weighted by molar-refractivity contribution is 5.82. The van der Waals surface area contributed by atoms with Gasteiger partial charge in [-0.15, -0.1) is 0 Å². The molecule has 1 atom stereocenters. The van der Waals surface area contributed by atoms with Crippen LogP contribution in [0.5, 0.6) is 0 Å². The number of aliphatic carboxylic acids is 1. The molecule has 2 heterocycles. The summed E-state index contributed by atoms with van der Waals surface area (Å²) in [6.07, 6.45) is 8.17. The standard InChI is InChI=1S/C24H39N5O3/c1-3-28(4-2)24(32)27-21(23(30)31)14-17-29(20-12-13-20)16-6-5-9-19-11-10-18-8-7-15-25-22(18)26-19/h10-11,20-21H,3-9,12-17H2,1-2H3,(H,25,26)(H,27,32)(H,30,31). The summed E-state index contributed by atoms with van der Waals surface area (Å²) in [6, 6.07) is 3.78. The number of hydrogen-bond donors (Lipinski definition) is 3. The minimum absolute atomic E-state index is 0.299. The van der Waals surface area contributed by atoms with Gasteiger partial charge < -0.3 is 25.5 Å². The third kappa shape index (κ3) is 7.08. The van der Waals surface area contributed by atoms with E-state index in [1.165, 1.54) is 24.8 Å². The summed E-state index contributed by atoms with van der Waals surface area (Å²) in [4.78, 5) is 32.8. The molecule has 2 aliphatic rings. The second-order valence-electron chi connectivity index (χ2n) is 8.87. The van der Waals surface area contributed by atoms with Gasteiger partial charge in [-0.05, 0) is 83.4 Å². The number of unbranched alkanes of at least 4 members (excludes halogenated alkanes) is 1. The fourth-order valence-electron chi connectivity index (χ4n) is 4.35. The lowest BCUT2D eigenvalue weighted by Gasteiger charge is -2.26. The topological polar surface area (TPSA) is 97.8 Å². The first-order chi connectivity index (χ1) is 15.5. The van der Waals surface area contributed by atoms with Crippen molar-refractivity contribution in [2.24, 2.45) is 0 Å². The molecule has 3 rings (SSSR count). The number of amides is 2. The van der Waals surface area contributed by atoms with Crippen LogP contribution in [-0.4, -0.2) is 76.7 Å². The Hall–Kier alpha value is -2.35. The molecule has 8 nitrogen and oxygen atoms in total. The van der Waals surface area contributed by atoms with Gasteiger partial charge in [-0.1, -0.05) is 6.07 Å². The summed E-state index contributed by atoms with van der Waals surface area (Å²) in [5.74, 6) is 0.0909. The van der Waals surface area contributed by atoms with E-state index in [9.17, 15) is 14.7 Å². The Bertz CT molecular complexity index is 764. The highest BCUT2D eigenvalue weighted by Gasteiger charge is 2.30. The first-order valence-corrected chi connectivity index (χ1v) is 12.3. The molecule has 0 saturated heterocycles. The maximum atomic E-state index is 12.3. The number of nitrogens with zero attached hydrogens (tertiary/aromatic N) is 3. The second kappa shape index (κ2) is 12.0. The number of carbonyl (C=O) groups excluding carboxylic acids is 1. The predicted molar refractivity (Wildman–Crippen MR) is 126 cm³/mol. The van der Waals surface area contributed by atoms with Crippen molar-refractivity contribution < 1.29 is 14.7 Å². The first-order valence-electron chi connectivity index (χ1n) is 12.3. The largest absolute Gasteiger partial charge is 0.480 e. The quantitative estimate of drug-likeness (QED) is 0.404. The smallest absolute Gasteiger partial charge is 0.326 e. The number of carbonyl (C=O) groups is 2. The number of hydrogen-bond acceptors (Lipinski definition) is 5. The Kier molecular flexibility index (Phi) is 9.14. The summed E-state index contributed by atoms with van der Waals surface area (Å²) < 4.78 is 0. The van der Waals surface area contributed by atoms with Gasteiger partial charge in [0.1, 0.15) is 11.9 Å². The lowest BCUT2D eigenvalue weighted by atomic mass is 10.1. The number of aryl methyl sites for hydroxylation is 2. The molecule has 1 aliphatic heterocycles. The average Bonchev–Trinajstić information content (AvgIpc) is 3.63. The van der Waals surface area contributed by atoms with Gasteiger partial charge >= 0.3 is 12.0 Å². The van der Waals surface area contributed by atoms with Gasteiger partial charge in [0, 0.05) is 37.9 Å². The van der Waals surface area contributed by atoms with Crippen LogP contribution >= 0.6 is 0 Å². The Morgan fingerprint density at radius 2 is 2.00 bits per heavy atom. The van der Waals surface area contributed by atoms with Crippen LogP contribution in [-0.2, 0) is 17.6 Å². The maximum Gasteiger partial charge on any atom is 0.326 e. The number of rotatable bonds is 13. The molecule has 1 aromatic heterocycles. The zero-order valence-corrected chi connectivity index (χ0v) is 19.6.